The van der Waals surface area contributed by atoms with Crippen LogP contribution in [0.25, 0.3) is 0 Å². The molecule has 0 unspecified atom stereocenters. The van der Waals surface area contributed by atoms with Gasteiger partial charge in [-0.3, -0.25) is 4.79 Å². The second kappa shape index (κ2) is 5.42. The van der Waals surface area contributed by atoms with Crippen molar-refractivity contribution in [3.63, 3.8) is 0 Å². The van der Waals surface area contributed by atoms with Crippen molar-refractivity contribution in [1.82, 2.24) is 4.90 Å². The molecule has 0 atom stereocenters. The van der Waals surface area contributed by atoms with Crippen LogP contribution in [0, 0.1) is 5.82 Å². The number of benzene rings is 1. The third-order valence-corrected chi connectivity index (χ3v) is 4.44. The highest BCUT2D eigenvalue weighted by molar-refractivity contribution is 9.10. The standard InChI is InChI=1S/C14H15BrFNO3/c15-12-9-10(16)1-2-11(12)13(18)17-5-3-14(4-6-17)19-7-8-20-14/h1-2,9H,3-8H2. The Labute approximate surface area is 125 Å². The van der Waals surface area contributed by atoms with Gasteiger partial charge in [0.15, 0.2) is 5.79 Å². The normalized spacial score (nSPS) is 21.4. The minimum Gasteiger partial charge on any atom is -0.347 e. The van der Waals surface area contributed by atoms with Gasteiger partial charge in [-0.05, 0) is 34.1 Å². The highest BCUT2D eigenvalue weighted by Gasteiger charge is 2.41. The molecule has 1 amide bonds. The number of piperidine rings is 1. The van der Waals surface area contributed by atoms with E-state index >= 15 is 0 Å². The number of amides is 1. The molecule has 2 aliphatic heterocycles. The first kappa shape index (κ1) is 14.0. The van der Waals surface area contributed by atoms with Crippen LogP contribution in [-0.4, -0.2) is 42.9 Å². The monoisotopic (exact) mass is 343 g/mol. The van der Waals surface area contributed by atoms with Crippen molar-refractivity contribution >= 4 is 21.8 Å². The van der Waals surface area contributed by atoms with E-state index in [0.717, 1.165) is 0 Å². The zero-order valence-electron chi connectivity index (χ0n) is 10.9. The van der Waals surface area contributed by atoms with Crippen LogP contribution in [0.5, 0.6) is 0 Å². The molecule has 1 aromatic carbocycles. The second-order valence-electron chi connectivity index (χ2n) is 5.02. The topological polar surface area (TPSA) is 38.8 Å². The van der Waals surface area contributed by atoms with Crippen LogP contribution in [0.1, 0.15) is 23.2 Å². The zero-order valence-corrected chi connectivity index (χ0v) is 12.5. The van der Waals surface area contributed by atoms with Crippen molar-refractivity contribution in [1.29, 1.82) is 0 Å². The van der Waals surface area contributed by atoms with E-state index in [2.05, 4.69) is 15.9 Å². The first-order chi connectivity index (χ1) is 9.60. The maximum absolute atomic E-state index is 13.1. The van der Waals surface area contributed by atoms with Crippen LogP contribution in [0.15, 0.2) is 22.7 Å². The number of hydrogen-bond acceptors (Lipinski definition) is 3. The quantitative estimate of drug-likeness (QED) is 0.786. The summed E-state index contributed by atoms with van der Waals surface area (Å²) >= 11 is 3.24. The van der Waals surface area contributed by atoms with Crippen molar-refractivity contribution in [2.24, 2.45) is 0 Å². The Morgan fingerprint density at radius 3 is 2.50 bits per heavy atom. The van der Waals surface area contributed by atoms with E-state index in [9.17, 15) is 9.18 Å². The van der Waals surface area contributed by atoms with Gasteiger partial charge in [-0.1, -0.05) is 0 Å². The molecule has 3 rings (SSSR count). The van der Waals surface area contributed by atoms with Crippen molar-refractivity contribution in [2.45, 2.75) is 18.6 Å². The highest BCUT2D eigenvalue weighted by Crippen LogP contribution is 2.32. The van der Waals surface area contributed by atoms with Crippen molar-refractivity contribution in [2.75, 3.05) is 26.3 Å². The number of carbonyl (C=O) groups is 1. The molecule has 0 radical (unpaired) electrons. The zero-order chi connectivity index (χ0) is 14.2. The van der Waals surface area contributed by atoms with Gasteiger partial charge in [-0.15, -0.1) is 0 Å². The lowest BCUT2D eigenvalue weighted by molar-refractivity contribution is -0.181. The van der Waals surface area contributed by atoms with E-state index in [0.29, 0.717) is 49.2 Å². The highest BCUT2D eigenvalue weighted by atomic mass is 79.9. The lowest BCUT2D eigenvalue weighted by Gasteiger charge is -2.37. The fraction of sp³-hybridized carbons (Fsp3) is 0.500. The number of halogens is 2. The fourth-order valence-electron chi connectivity index (χ4n) is 2.67. The van der Waals surface area contributed by atoms with Crippen LogP contribution in [0.2, 0.25) is 0 Å². The fourth-order valence-corrected chi connectivity index (χ4v) is 3.19. The van der Waals surface area contributed by atoms with Crippen molar-refractivity contribution < 1.29 is 18.7 Å². The summed E-state index contributed by atoms with van der Waals surface area (Å²) in [5.74, 6) is -0.944. The summed E-state index contributed by atoms with van der Waals surface area (Å²) in [5.41, 5.74) is 0.482. The Balaban J connectivity index is 1.69. The van der Waals surface area contributed by atoms with E-state index in [4.69, 9.17) is 9.47 Å². The molecule has 0 aromatic heterocycles. The summed E-state index contributed by atoms with van der Waals surface area (Å²) in [6, 6.07) is 4.11. The molecule has 6 heteroatoms. The lowest BCUT2D eigenvalue weighted by Crippen LogP contribution is -2.47. The van der Waals surface area contributed by atoms with Crippen LogP contribution >= 0.6 is 15.9 Å². The predicted molar refractivity (Wildman–Crippen MR) is 73.9 cm³/mol. The van der Waals surface area contributed by atoms with Gasteiger partial charge < -0.3 is 14.4 Å². The van der Waals surface area contributed by atoms with Gasteiger partial charge in [0.2, 0.25) is 0 Å². The SMILES string of the molecule is O=C(c1ccc(F)cc1Br)N1CCC2(CC1)OCCO2. The molecule has 2 saturated heterocycles. The molecule has 0 aliphatic carbocycles. The summed E-state index contributed by atoms with van der Waals surface area (Å²) in [6.07, 6.45) is 1.36. The number of carbonyl (C=O) groups excluding carboxylic acids is 1. The van der Waals surface area contributed by atoms with Crippen LogP contribution < -0.4 is 0 Å². The van der Waals surface area contributed by atoms with Crippen molar-refractivity contribution in [3.05, 3.63) is 34.1 Å². The summed E-state index contributed by atoms with van der Waals surface area (Å²) in [4.78, 5) is 14.2. The molecule has 0 saturated carbocycles. The molecule has 4 nitrogen and oxygen atoms in total. The first-order valence-electron chi connectivity index (χ1n) is 6.62. The smallest absolute Gasteiger partial charge is 0.255 e. The molecular formula is C14H15BrFNO3. The second-order valence-corrected chi connectivity index (χ2v) is 5.88. The third-order valence-electron chi connectivity index (χ3n) is 3.79. The van der Waals surface area contributed by atoms with E-state index < -0.39 is 5.79 Å². The average Bonchev–Trinajstić information content (AvgIpc) is 2.87. The molecular weight excluding hydrogens is 329 g/mol. The number of rotatable bonds is 1. The Morgan fingerprint density at radius 1 is 1.25 bits per heavy atom. The number of ether oxygens (including phenoxy) is 2. The molecule has 2 heterocycles. The Bertz CT molecular complexity index is 521. The molecule has 108 valence electrons. The number of likely N-dealkylation sites (tertiary alicyclic amines) is 1. The van der Waals surface area contributed by atoms with Gasteiger partial charge >= 0.3 is 0 Å². The molecule has 0 N–H and O–H groups in total. The van der Waals surface area contributed by atoms with Gasteiger partial charge in [0.25, 0.3) is 5.91 Å². The molecule has 2 aliphatic rings. The third kappa shape index (κ3) is 2.60. The van der Waals surface area contributed by atoms with Crippen molar-refractivity contribution in [3.8, 4) is 0 Å². The molecule has 0 bridgehead atoms. The maximum atomic E-state index is 13.1. The summed E-state index contributed by atoms with van der Waals surface area (Å²) in [7, 11) is 0. The summed E-state index contributed by atoms with van der Waals surface area (Å²) in [6.45, 7) is 2.42. The first-order valence-corrected chi connectivity index (χ1v) is 7.41. The minimum atomic E-state index is -0.489. The van der Waals surface area contributed by atoms with Gasteiger partial charge in [0.05, 0.1) is 18.8 Å². The van der Waals surface area contributed by atoms with Gasteiger partial charge in [-0.2, -0.15) is 0 Å². The Kier molecular flexibility index (Phi) is 3.79. The minimum absolute atomic E-state index is 0.0929. The maximum Gasteiger partial charge on any atom is 0.255 e. The number of hydrogen-bond donors (Lipinski definition) is 0. The summed E-state index contributed by atoms with van der Waals surface area (Å²) < 4.78 is 24.8. The Morgan fingerprint density at radius 2 is 1.90 bits per heavy atom. The van der Waals surface area contributed by atoms with Crippen LogP contribution in [0.4, 0.5) is 4.39 Å². The predicted octanol–water partition coefficient (Wildman–Crippen LogP) is 2.57. The molecule has 1 aromatic rings. The van der Waals surface area contributed by atoms with Gasteiger partial charge in [-0.25, -0.2) is 4.39 Å². The largest absolute Gasteiger partial charge is 0.347 e. The van der Waals surface area contributed by atoms with Gasteiger partial charge in [0, 0.05) is 30.4 Å². The average molecular weight is 344 g/mol. The Hall–Kier alpha value is -0.980. The van der Waals surface area contributed by atoms with E-state index in [-0.39, 0.29) is 11.7 Å². The molecule has 20 heavy (non-hydrogen) atoms. The van der Waals surface area contributed by atoms with Gasteiger partial charge in [0.1, 0.15) is 5.82 Å². The molecule has 2 fully saturated rings. The summed E-state index contributed by atoms with van der Waals surface area (Å²) in [5, 5.41) is 0. The van der Waals surface area contributed by atoms with Crippen LogP contribution in [0.3, 0.4) is 0 Å². The van der Waals surface area contributed by atoms with E-state index in [1.54, 1.807) is 4.90 Å². The number of nitrogens with zero attached hydrogens (tertiary/aromatic N) is 1. The van der Waals surface area contributed by atoms with E-state index in [1.807, 2.05) is 0 Å². The lowest BCUT2D eigenvalue weighted by atomic mass is 10.0. The van der Waals surface area contributed by atoms with E-state index in [1.165, 1.54) is 18.2 Å². The van der Waals surface area contributed by atoms with Crippen LogP contribution in [-0.2, 0) is 9.47 Å². The molecule has 1 spiro atoms.